The summed E-state index contributed by atoms with van der Waals surface area (Å²) in [5.41, 5.74) is 12.6. The second-order valence-electron chi connectivity index (χ2n) is 14.6. The van der Waals surface area contributed by atoms with E-state index in [1.54, 1.807) is 0 Å². The number of fused-ring (bicyclic) bond motifs is 6. The Hall–Kier alpha value is -7.40. The van der Waals surface area contributed by atoms with Crippen LogP contribution in [0.4, 0.5) is 34.1 Å². The van der Waals surface area contributed by atoms with Gasteiger partial charge in [0.1, 0.15) is 0 Å². The molecule has 0 spiro atoms. The molecule has 0 saturated heterocycles. The molecule has 0 bridgehead atoms. The standard InChI is InChI=1S/C54H37N3S/c1-4-15-39(16-5-1)55(40-17-6-2-7-18-40)43-31-33-44(34-32-43)56(42-29-27-38(28-30-42)46-23-14-24-49-48-22-11-13-26-53(48)58-54(46)49)45-35-36-52-50(37-45)47-21-10-12-25-51(47)57(52)41-19-8-3-9-20-41/h1-37H. The lowest BCUT2D eigenvalue weighted by Gasteiger charge is -2.28. The number of rotatable bonds is 8. The Labute approximate surface area is 341 Å². The molecule has 0 aliphatic carbocycles. The van der Waals surface area contributed by atoms with Gasteiger partial charge in [0.2, 0.25) is 0 Å². The molecule has 0 saturated carbocycles. The fourth-order valence-electron chi connectivity index (χ4n) is 8.52. The van der Waals surface area contributed by atoms with Crippen LogP contribution >= 0.6 is 11.3 Å². The van der Waals surface area contributed by atoms with E-state index in [0.717, 1.165) is 39.8 Å². The van der Waals surface area contributed by atoms with Gasteiger partial charge >= 0.3 is 0 Å². The zero-order chi connectivity index (χ0) is 38.4. The lowest BCUT2D eigenvalue weighted by molar-refractivity contribution is 1.18. The van der Waals surface area contributed by atoms with E-state index in [-0.39, 0.29) is 0 Å². The van der Waals surface area contributed by atoms with E-state index in [1.165, 1.54) is 53.1 Å². The highest BCUT2D eigenvalue weighted by atomic mass is 32.1. The zero-order valence-electron chi connectivity index (χ0n) is 31.6. The third-order valence-electron chi connectivity index (χ3n) is 11.2. The maximum atomic E-state index is 2.39. The molecule has 9 aromatic carbocycles. The van der Waals surface area contributed by atoms with Gasteiger partial charge in [-0.25, -0.2) is 0 Å². The number of thiophene rings is 1. The minimum absolute atomic E-state index is 1.08. The first kappa shape index (κ1) is 33.9. The van der Waals surface area contributed by atoms with Gasteiger partial charge in [0.05, 0.1) is 11.0 Å². The van der Waals surface area contributed by atoms with Crippen molar-refractivity contribution in [2.24, 2.45) is 0 Å². The fourth-order valence-corrected chi connectivity index (χ4v) is 9.76. The van der Waals surface area contributed by atoms with E-state index in [9.17, 15) is 0 Å². The average molecular weight is 760 g/mol. The summed E-state index contributed by atoms with van der Waals surface area (Å²) >= 11 is 1.87. The first-order chi connectivity index (χ1) is 28.8. The number of benzene rings is 9. The monoisotopic (exact) mass is 759 g/mol. The zero-order valence-corrected chi connectivity index (χ0v) is 32.4. The van der Waals surface area contributed by atoms with Crippen LogP contribution in [0.5, 0.6) is 0 Å². The van der Waals surface area contributed by atoms with Gasteiger partial charge in [-0.2, -0.15) is 0 Å². The van der Waals surface area contributed by atoms with Crippen molar-refractivity contribution in [3.8, 4) is 16.8 Å². The van der Waals surface area contributed by atoms with Crippen molar-refractivity contribution in [1.82, 2.24) is 4.57 Å². The lowest BCUT2D eigenvalue weighted by Crippen LogP contribution is -2.12. The summed E-state index contributed by atoms with van der Waals surface area (Å²) in [5, 5.41) is 5.07. The van der Waals surface area contributed by atoms with Crippen molar-refractivity contribution in [2.45, 2.75) is 0 Å². The molecule has 0 aliphatic rings. The highest BCUT2D eigenvalue weighted by Crippen LogP contribution is 2.44. The Balaban J connectivity index is 1.06. The molecule has 4 heteroatoms. The molecule has 0 unspecified atom stereocenters. The molecule has 0 amide bonds. The molecule has 58 heavy (non-hydrogen) atoms. The molecule has 0 N–H and O–H groups in total. The largest absolute Gasteiger partial charge is 0.311 e. The summed E-state index contributed by atoms with van der Waals surface area (Å²) < 4.78 is 5.02. The van der Waals surface area contributed by atoms with E-state index in [1.807, 2.05) is 11.3 Å². The summed E-state index contributed by atoms with van der Waals surface area (Å²) in [4.78, 5) is 4.69. The van der Waals surface area contributed by atoms with Gasteiger partial charge < -0.3 is 14.4 Å². The quantitative estimate of drug-likeness (QED) is 0.153. The van der Waals surface area contributed by atoms with Crippen LogP contribution in [0.25, 0.3) is 58.8 Å². The highest BCUT2D eigenvalue weighted by molar-refractivity contribution is 7.26. The Kier molecular flexibility index (Phi) is 8.34. The molecular weight excluding hydrogens is 723 g/mol. The third kappa shape index (κ3) is 5.82. The predicted molar refractivity (Wildman–Crippen MR) is 248 cm³/mol. The minimum Gasteiger partial charge on any atom is -0.311 e. The van der Waals surface area contributed by atoms with Gasteiger partial charge in [0, 0.05) is 70.8 Å². The van der Waals surface area contributed by atoms with Gasteiger partial charge in [-0.05, 0) is 114 Å². The summed E-state index contributed by atoms with van der Waals surface area (Å²) in [7, 11) is 0. The number of hydrogen-bond acceptors (Lipinski definition) is 3. The van der Waals surface area contributed by atoms with E-state index in [4.69, 9.17) is 0 Å². The highest BCUT2D eigenvalue weighted by Gasteiger charge is 2.19. The van der Waals surface area contributed by atoms with Gasteiger partial charge in [-0.1, -0.05) is 121 Å². The predicted octanol–water partition coefficient (Wildman–Crippen LogP) is 15.8. The topological polar surface area (TPSA) is 11.4 Å². The molecule has 2 aromatic heterocycles. The fraction of sp³-hybridized carbons (Fsp3) is 0. The smallest absolute Gasteiger partial charge is 0.0542 e. The van der Waals surface area contributed by atoms with E-state index >= 15 is 0 Å². The molecule has 11 rings (SSSR count). The molecule has 0 atom stereocenters. The normalized spacial score (nSPS) is 11.4. The number of hydrogen-bond donors (Lipinski definition) is 0. The van der Waals surface area contributed by atoms with Crippen LogP contribution in [0.3, 0.4) is 0 Å². The molecule has 0 fully saturated rings. The lowest BCUT2D eigenvalue weighted by atomic mass is 10.0. The SMILES string of the molecule is c1ccc(N(c2ccccc2)c2ccc(N(c3ccc(-c4cccc5c4sc4ccccc45)cc3)c3ccc4c(c3)c3ccccc3n4-c3ccccc3)cc2)cc1. The Bertz CT molecular complexity index is 3170. The average Bonchev–Trinajstić information content (AvgIpc) is 3.84. The summed E-state index contributed by atoms with van der Waals surface area (Å²) in [6, 6.07) is 80.9. The Morgan fingerprint density at radius 1 is 0.328 bits per heavy atom. The van der Waals surface area contributed by atoms with Gasteiger partial charge in [-0.3, -0.25) is 0 Å². The molecule has 0 radical (unpaired) electrons. The van der Waals surface area contributed by atoms with E-state index in [2.05, 4.69) is 239 Å². The van der Waals surface area contributed by atoms with Crippen LogP contribution in [0.1, 0.15) is 0 Å². The van der Waals surface area contributed by atoms with Crippen molar-refractivity contribution in [1.29, 1.82) is 0 Å². The van der Waals surface area contributed by atoms with Crippen LogP contribution in [0.15, 0.2) is 224 Å². The van der Waals surface area contributed by atoms with Gasteiger partial charge in [0.25, 0.3) is 0 Å². The number of aromatic nitrogens is 1. The minimum atomic E-state index is 1.08. The number of para-hydroxylation sites is 4. The van der Waals surface area contributed by atoms with Crippen LogP contribution < -0.4 is 9.80 Å². The van der Waals surface area contributed by atoms with Crippen molar-refractivity contribution in [3.63, 3.8) is 0 Å². The summed E-state index contributed by atoms with van der Waals surface area (Å²) in [6.07, 6.45) is 0. The maximum absolute atomic E-state index is 2.39. The summed E-state index contributed by atoms with van der Waals surface area (Å²) in [5.74, 6) is 0. The van der Waals surface area contributed by atoms with E-state index in [0.29, 0.717) is 0 Å². The van der Waals surface area contributed by atoms with Gasteiger partial charge in [-0.15, -0.1) is 11.3 Å². The summed E-state index contributed by atoms with van der Waals surface area (Å²) in [6.45, 7) is 0. The van der Waals surface area contributed by atoms with Crippen LogP contribution in [0, 0.1) is 0 Å². The van der Waals surface area contributed by atoms with Crippen molar-refractivity contribution in [2.75, 3.05) is 9.80 Å². The Morgan fingerprint density at radius 3 is 1.48 bits per heavy atom. The Morgan fingerprint density at radius 2 is 0.810 bits per heavy atom. The first-order valence-electron chi connectivity index (χ1n) is 19.7. The van der Waals surface area contributed by atoms with Crippen LogP contribution in [0.2, 0.25) is 0 Å². The second kappa shape index (κ2) is 14.3. The van der Waals surface area contributed by atoms with Crippen LogP contribution in [-0.4, -0.2) is 4.57 Å². The third-order valence-corrected chi connectivity index (χ3v) is 12.4. The van der Waals surface area contributed by atoms with Crippen LogP contribution in [-0.2, 0) is 0 Å². The van der Waals surface area contributed by atoms with Crippen molar-refractivity contribution in [3.05, 3.63) is 224 Å². The van der Waals surface area contributed by atoms with Gasteiger partial charge in [0.15, 0.2) is 0 Å². The van der Waals surface area contributed by atoms with E-state index < -0.39 is 0 Å². The molecular formula is C54H37N3S. The number of anilines is 6. The van der Waals surface area contributed by atoms with Crippen molar-refractivity contribution >= 4 is 87.4 Å². The molecule has 274 valence electrons. The molecule has 2 heterocycles. The molecule has 3 nitrogen and oxygen atoms in total. The second-order valence-corrected chi connectivity index (χ2v) is 15.6. The number of nitrogens with zero attached hydrogens (tertiary/aromatic N) is 3. The molecule has 0 aliphatic heterocycles. The maximum Gasteiger partial charge on any atom is 0.0542 e. The van der Waals surface area contributed by atoms with Crippen molar-refractivity contribution < 1.29 is 0 Å². The molecule has 11 aromatic rings. The first-order valence-corrected chi connectivity index (χ1v) is 20.5.